The van der Waals surface area contributed by atoms with Gasteiger partial charge in [0, 0.05) is 31.0 Å². The van der Waals surface area contributed by atoms with Crippen LogP contribution in [0.2, 0.25) is 0 Å². The molecule has 12 heavy (non-hydrogen) atoms. The van der Waals surface area contributed by atoms with Gasteiger partial charge in [0.1, 0.15) is 0 Å². The highest BCUT2D eigenvalue weighted by Gasteiger charge is 2.15. The molecule has 2 rings (SSSR count). The van der Waals surface area contributed by atoms with Crippen molar-refractivity contribution in [2.24, 2.45) is 0 Å². The fourth-order valence-corrected chi connectivity index (χ4v) is 1.29. The van der Waals surface area contributed by atoms with Crippen molar-refractivity contribution in [2.45, 2.75) is 6.10 Å². The Morgan fingerprint density at radius 3 is 3.17 bits per heavy atom. The molecule has 1 radical (unpaired) electrons. The third-order valence-electron chi connectivity index (χ3n) is 1.92. The third kappa shape index (κ3) is 1.62. The van der Waals surface area contributed by atoms with Gasteiger partial charge in [0.15, 0.2) is 0 Å². The molecule has 2 heterocycles. The number of hydrogen-bond acceptors (Lipinski definition) is 2. The summed E-state index contributed by atoms with van der Waals surface area (Å²) in [5.74, 6) is 0. The van der Waals surface area contributed by atoms with Crippen LogP contribution in [0, 0.1) is 0 Å². The molecule has 1 atom stereocenters. The van der Waals surface area contributed by atoms with E-state index in [2.05, 4.69) is 10.3 Å². The number of morpholine rings is 1. The minimum atomic E-state index is 0.132. The first-order chi connectivity index (χ1) is 5.97. The summed E-state index contributed by atoms with van der Waals surface area (Å²) >= 11 is 0. The van der Waals surface area contributed by atoms with Crippen molar-refractivity contribution in [2.75, 3.05) is 19.7 Å². The molecular weight excluding hydrogens is 152 g/mol. The molecule has 0 spiro atoms. The van der Waals surface area contributed by atoms with Gasteiger partial charge in [-0.25, -0.2) is 5.32 Å². The molecule has 0 aromatic carbocycles. The fraction of sp³-hybridized carbons (Fsp3) is 0.444. The van der Waals surface area contributed by atoms with Crippen molar-refractivity contribution >= 4 is 0 Å². The van der Waals surface area contributed by atoms with Crippen molar-refractivity contribution in [1.82, 2.24) is 10.3 Å². The second kappa shape index (κ2) is 3.65. The molecule has 0 amide bonds. The summed E-state index contributed by atoms with van der Waals surface area (Å²) in [6.07, 6.45) is 3.74. The van der Waals surface area contributed by atoms with Crippen LogP contribution < -0.4 is 5.32 Å². The van der Waals surface area contributed by atoms with Gasteiger partial charge >= 0.3 is 0 Å². The van der Waals surface area contributed by atoms with Crippen molar-refractivity contribution in [3.05, 3.63) is 30.1 Å². The summed E-state index contributed by atoms with van der Waals surface area (Å²) in [5.41, 5.74) is 1.13. The number of rotatable bonds is 1. The van der Waals surface area contributed by atoms with E-state index in [9.17, 15) is 0 Å². The van der Waals surface area contributed by atoms with Gasteiger partial charge in [-0.15, -0.1) is 0 Å². The molecule has 63 valence electrons. The van der Waals surface area contributed by atoms with Crippen LogP contribution in [0.5, 0.6) is 0 Å². The summed E-state index contributed by atoms with van der Waals surface area (Å²) in [4.78, 5) is 4.04. The lowest BCUT2D eigenvalue weighted by Crippen LogP contribution is -2.28. The van der Waals surface area contributed by atoms with E-state index in [4.69, 9.17) is 4.74 Å². The van der Waals surface area contributed by atoms with Gasteiger partial charge in [0.2, 0.25) is 0 Å². The number of nitrogens with zero attached hydrogens (tertiary/aromatic N) is 2. The smallest absolute Gasteiger partial charge is 0.0981 e. The van der Waals surface area contributed by atoms with Gasteiger partial charge in [0.05, 0.1) is 12.7 Å². The van der Waals surface area contributed by atoms with E-state index in [1.165, 1.54) is 0 Å². The standard InChI is InChI=1S/C9H11N2O/c1-2-8(6-10-3-1)9-7-11-4-5-12-9/h1-3,6,9H,4-5,7H2. The average Bonchev–Trinajstić information content (AvgIpc) is 2.21. The Morgan fingerprint density at radius 2 is 2.50 bits per heavy atom. The van der Waals surface area contributed by atoms with Gasteiger partial charge in [-0.3, -0.25) is 4.98 Å². The maximum absolute atomic E-state index is 5.53. The molecule has 1 aliphatic rings. The molecule has 3 heteroatoms. The highest BCUT2D eigenvalue weighted by atomic mass is 16.5. The minimum absolute atomic E-state index is 0.132. The Kier molecular flexibility index (Phi) is 2.34. The van der Waals surface area contributed by atoms with E-state index in [0.717, 1.165) is 25.3 Å². The van der Waals surface area contributed by atoms with Gasteiger partial charge < -0.3 is 4.74 Å². The first kappa shape index (κ1) is 7.71. The average molecular weight is 163 g/mol. The topological polar surface area (TPSA) is 36.2 Å². The van der Waals surface area contributed by atoms with Crippen LogP contribution in [-0.2, 0) is 4.74 Å². The molecule has 1 aromatic rings. The SMILES string of the molecule is c1cncc(C2C[N]CCO2)c1. The zero-order valence-electron chi connectivity index (χ0n) is 6.81. The molecule has 1 unspecified atom stereocenters. The number of pyridine rings is 1. The molecule has 0 bridgehead atoms. The van der Waals surface area contributed by atoms with Crippen LogP contribution in [0.25, 0.3) is 0 Å². The first-order valence-corrected chi connectivity index (χ1v) is 4.11. The Bertz CT molecular complexity index is 232. The Labute approximate surface area is 71.8 Å². The van der Waals surface area contributed by atoms with Crippen LogP contribution in [0.3, 0.4) is 0 Å². The van der Waals surface area contributed by atoms with Gasteiger partial charge in [-0.05, 0) is 6.07 Å². The van der Waals surface area contributed by atoms with Crippen LogP contribution >= 0.6 is 0 Å². The highest BCUT2D eigenvalue weighted by molar-refractivity contribution is 5.12. The van der Waals surface area contributed by atoms with E-state index in [1.54, 1.807) is 6.20 Å². The second-order valence-electron chi connectivity index (χ2n) is 2.78. The Balaban J connectivity index is 2.08. The Hall–Kier alpha value is -0.930. The van der Waals surface area contributed by atoms with Crippen LogP contribution in [0.1, 0.15) is 11.7 Å². The molecule has 3 nitrogen and oxygen atoms in total. The van der Waals surface area contributed by atoms with E-state index in [-0.39, 0.29) is 6.10 Å². The van der Waals surface area contributed by atoms with Gasteiger partial charge in [-0.2, -0.15) is 0 Å². The lowest BCUT2D eigenvalue weighted by atomic mass is 10.1. The summed E-state index contributed by atoms with van der Waals surface area (Å²) in [7, 11) is 0. The zero-order valence-corrected chi connectivity index (χ0v) is 6.81. The minimum Gasteiger partial charge on any atom is -0.371 e. The third-order valence-corrected chi connectivity index (χ3v) is 1.92. The molecule has 1 fully saturated rings. The molecule has 1 aliphatic heterocycles. The highest BCUT2D eigenvalue weighted by Crippen LogP contribution is 2.17. The van der Waals surface area contributed by atoms with Gasteiger partial charge in [0.25, 0.3) is 0 Å². The molecule has 0 N–H and O–H groups in total. The summed E-state index contributed by atoms with van der Waals surface area (Å²) in [6.45, 7) is 2.34. The normalized spacial score (nSPS) is 23.8. The van der Waals surface area contributed by atoms with Crippen LogP contribution in [-0.4, -0.2) is 24.7 Å². The lowest BCUT2D eigenvalue weighted by Gasteiger charge is -2.22. The van der Waals surface area contributed by atoms with E-state index >= 15 is 0 Å². The summed E-state index contributed by atoms with van der Waals surface area (Å²) in [6, 6.07) is 3.95. The zero-order chi connectivity index (χ0) is 8.23. The maximum Gasteiger partial charge on any atom is 0.0981 e. The first-order valence-electron chi connectivity index (χ1n) is 4.11. The molecule has 0 saturated carbocycles. The van der Waals surface area contributed by atoms with Gasteiger partial charge in [-0.1, -0.05) is 6.07 Å². The van der Waals surface area contributed by atoms with Crippen molar-refractivity contribution in [3.63, 3.8) is 0 Å². The van der Waals surface area contributed by atoms with Crippen molar-refractivity contribution < 1.29 is 4.74 Å². The van der Waals surface area contributed by atoms with Crippen LogP contribution in [0.4, 0.5) is 0 Å². The lowest BCUT2D eigenvalue weighted by molar-refractivity contribution is 0.0259. The van der Waals surface area contributed by atoms with E-state index < -0.39 is 0 Å². The monoisotopic (exact) mass is 163 g/mol. The number of aromatic nitrogens is 1. The Morgan fingerprint density at radius 1 is 1.50 bits per heavy atom. The molecule has 1 aromatic heterocycles. The number of ether oxygens (including phenoxy) is 1. The second-order valence-corrected chi connectivity index (χ2v) is 2.78. The summed E-state index contributed by atoms with van der Waals surface area (Å²) < 4.78 is 5.53. The summed E-state index contributed by atoms with van der Waals surface area (Å²) in [5, 5.41) is 4.28. The van der Waals surface area contributed by atoms with E-state index in [1.807, 2.05) is 18.3 Å². The quantitative estimate of drug-likeness (QED) is 0.612. The predicted octanol–water partition coefficient (Wildman–Crippen LogP) is 0.757. The maximum atomic E-state index is 5.53. The van der Waals surface area contributed by atoms with Crippen LogP contribution in [0.15, 0.2) is 24.5 Å². The molecular formula is C9H11N2O. The fourth-order valence-electron chi connectivity index (χ4n) is 1.29. The molecule has 1 saturated heterocycles. The number of hydrogen-bond donors (Lipinski definition) is 0. The van der Waals surface area contributed by atoms with Crippen molar-refractivity contribution in [1.29, 1.82) is 0 Å². The van der Waals surface area contributed by atoms with Crippen molar-refractivity contribution in [3.8, 4) is 0 Å². The largest absolute Gasteiger partial charge is 0.371 e. The van der Waals surface area contributed by atoms with E-state index in [0.29, 0.717) is 0 Å². The molecule has 0 aliphatic carbocycles. The predicted molar refractivity (Wildman–Crippen MR) is 44.8 cm³/mol.